The molecular weight excluding hydrogens is 320 g/mol. The smallest absolute Gasteiger partial charge is 0.255 e. The van der Waals surface area contributed by atoms with Crippen LogP contribution >= 0.6 is 0 Å². The fourth-order valence-electron chi connectivity index (χ4n) is 2.49. The number of furan rings is 1. The van der Waals surface area contributed by atoms with Crippen molar-refractivity contribution in [3.8, 4) is 11.5 Å². The molecule has 6 nitrogen and oxygen atoms in total. The Morgan fingerprint density at radius 3 is 2.80 bits per heavy atom. The summed E-state index contributed by atoms with van der Waals surface area (Å²) in [6, 6.07) is 14.7. The SMILES string of the molecule is COc1ccc(C(=O)NCc2cc3ccccc3o2)c(OCCN)c1. The van der Waals surface area contributed by atoms with Gasteiger partial charge >= 0.3 is 0 Å². The minimum Gasteiger partial charge on any atom is -0.497 e. The summed E-state index contributed by atoms with van der Waals surface area (Å²) in [6.45, 7) is 0.962. The van der Waals surface area contributed by atoms with Crippen LogP contribution in [0.2, 0.25) is 0 Å². The normalized spacial score (nSPS) is 10.6. The van der Waals surface area contributed by atoms with Gasteiger partial charge in [0.15, 0.2) is 0 Å². The van der Waals surface area contributed by atoms with Crippen LogP contribution in [0.15, 0.2) is 52.9 Å². The van der Waals surface area contributed by atoms with Gasteiger partial charge in [0.1, 0.15) is 29.4 Å². The third-order valence-electron chi connectivity index (χ3n) is 3.71. The second-order valence-electron chi connectivity index (χ2n) is 5.43. The van der Waals surface area contributed by atoms with Gasteiger partial charge in [-0.15, -0.1) is 0 Å². The van der Waals surface area contributed by atoms with E-state index in [1.54, 1.807) is 25.3 Å². The molecule has 0 fully saturated rings. The molecule has 3 N–H and O–H groups in total. The molecule has 1 heterocycles. The molecule has 0 saturated heterocycles. The Morgan fingerprint density at radius 2 is 2.04 bits per heavy atom. The molecule has 0 atom stereocenters. The fraction of sp³-hybridized carbons (Fsp3) is 0.211. The van der Waals surface area contributed by atoms with Crippen molar-refractivity contribution >= 4 is 16.9 Å². The molecule has 130 valence electrons. The predicted molar refractivity (Wildman–Crippen MR) is 94.9 cm³/mol. The number of fused-ring (bicyclic) bond motifs is 1. The second kappa shape index (κ2) is 7.72. The quantitative estimate of drug-likeness (QED) is 0.690. The van der Waals surface area contributed by atoms with Gasteiger partial charge in [0, 0.05) is 18.0 Å². The number of rotatable bonds is 7. The standard InChI is InChI=1S/C19H20N2O4/c1-23-14-6-7-16(18(11-14)24-9-8-20)19(22)21-12-15-10-13-4-2-3-5-17(13)25-15/h2-7,10-11H,8-9,12,20H2,1H3,(H,21,22). The number of carbonyl (C=O) groups excluding carboxylic acids is 1. The van der Waals surface area contributed by atoms with Crippen molar-refractivity contribution in [2.24, 2.45) is 5.73 Å². The van der Waals surface area contributed by atoms with Gasteiger partial charge in [-0.2, -0.15) is 0 Å². The van der Waals surface area contributed by atoms with Gasteiger partial charge in [-0.1, -0.05) is 18.2 Å². The summed E-state index contributed by atoms with van der Waals surface area (Å²) in [7, 11) is 1.56. The molecule has 0 spiro atoms. The van der Waals surface area contributed by atoms with Crippen molar-refractivity contribution in [1.29, 1.82) is 0 Å². The van der Waals surface area contributed by atoms with Gasteiger partial charge in [0.05, 0.1) is 19.2 Å². The van der Waals surface area contributed by atoms with E-state index in [9.17, 15) is 4.79 Å². The number of ether oxygens (including phenoxy) is 2. The molecule has 25 heavy (non-hydrogen) atoms. The molecule has 3 aromatic rings. The van der Waals surface area contributed by atoms with Crippen LogP contribution in [-0.2, 0) is 6.54 Å². The van der Waals surface area contributed by atoms with Crippen molar-refractivity contribution in [3.05, 3.63) is 59.9 Å². The Labute approximate surface area is 145 Å². The molecule has 0 unspecified atom stereocenters. The minimum atomic E-state index is -0.255. The zero-order chi connectivity index (χ0) is 17.6. The maximum absolute atomic E-state index is 12.5. The molecule has 0 aliphatic rings. The van der Waals surface area contributed by atoms with E-state index in [0.29, 0.717) is 36.0 Å². The van der Waals surface area contributed by atoms with Crippen LogP contribution in [0.4, 0.5) is 0 Å². The number of nitrogens with two attached hydrogens (primary N) is 1. The number of methoxy groups -OCH3 is 1. The zero-order valence-electron chi connectivity index (χ0n) is 14.0. The summed E-state index contributed by atoms with van der Waals surface area (Å²) in [5.41, 5.74) is 6.69. The van der Waals surface area contributed by atoms with Crippen molar-refractivity contribution < 1.29 is 18.7 Å². The van der Waals surface area contributed by atoms with Crippen molar-refractivity contribution in [2.45, 2.75) is 6.54 Å². The van der Waals surface area contributed by atoms with Crippen LogP contribution in [0.1, 0.15) is 16.1 Å². The average molecular weight is 340 g/mol. The molecule has 0 radical (unpaired) electrons. The lowest BCUT2D eigenvalue weighted by Crippen LogP contribution is -2.23. The Morgan fingerprint density at radius 1 is 1.20 bits per heavy atom. The monoisotopic (exact) mass is 340 g/mol. The Bertz CT molecular complexity index is 840. The van der Waals surface area contributed by atoms with Gasteiger partial charge in [0.25, 0.3) is 5.91 Å². The van der Waals surface area contributed by atoms with E-state index >= 15 is 0 Å². The lowest BCUT2D eigenvalue weighted by molar-refractivity contribution is 0.0944. The van der Waals surface area contributed by atoms with Crippen LogP contribution in [-0.4, -0.2) is 26.2 Å². The highest BCUT2D eigenvalue weighted by molar-refractivity contribution is 5.97. The Kier molecular flexibility index (Phi) is 5.20. The van der Waals surface area contributed by atoms with Crippen molar-refractivity contribution in [1.82, 2.24) is 5.32 Å². The first-order valence-electron chi connectivity index (χ1n) is 7.98. The van der Waals surface area contributed by atoms with E-state index in [-0.39, 0.29) is 12.5 Å². The van der Waals surface area contributed by atoms with E-state index in [0.717, 1.165) is 11.0 Å². The number of benzene rings is 2. The molecule has 1 aromatic heterocycles. The molecule has 2 aromatic carbocycles. The molecule has 0 aliphatic heterocycles. The lowest BCUT2D eigenvalue weighted by atomic mass is 10.1. The summed E-state index contributed by atoms with van der Waals surface area (Å²) in [6.07, 6.45) is 0. The number of nitrogens with one attached hydrogen (secondary N) is 1. The summed E-state index contributed by atoms with van der Waals surface area (Å²) in [5, 5.41) is 3.85. The summed E-state index contributed by atoms with van der Waals surface area (Å²) in [5.74, 6) is 1.48. The highest BCUT2D eigenvalue weighted by Gasteiger charge is 2.14. The van der Waals surface area contributed by atoms with Gasteiger partial charge in [0.2, 0.25) is 0 Å². The molecule has 0 saturated carbocycles. The summed E-state index contributed by atoms with van der Waals surface area (Å²) in [4.78, 5) is 12.5. The maximum atomic E-state index is 12.5. The van der Waals surface area contributed by atoms with Crippen molar-refractivity contribution in [3.63, 3.8) is 0 Å². The largest absolute Gasteiger partial charge is 0.497 e. The van der Waals surface area contributed by atoms with E-state index in [1.807, 2.05) is 30.3 Å². The van der Waals surface area contributed by atoms with Gasteiger partial charge < -0.3 is 24.9 Å². The zero-order valence-corrected chi connectivity index (χ0v) is 14.0. The predicted octanol–water partition coefficient (Wildman–Crippen LogP) is 2.71. The Hall–Kier alpha value is -2.99. The van der Waals surface area contributed by atoms with E-state index in [4.69, 9.17) is 19.6 Å². The molecule has 6 heteroatoms. The van der Waals surface area contributed by atoms with Crippen LogP contribution in [0.5, 0.6) is 11.5 Å². The molecule has 0 aliphatic carbocycles. The molecule has 0 bridgehead atoms. The van der Waals surface area contributed by atoms with Crippen LogP contribution in [0.3, 0.4) is 0 Å². The first-order chi connectivity index (χ1) is 12.2. The van der Waals surface area contributed by atoms with Gasteiger partial charge in [-0.05, 0) is 24.3 Å². The highest BCUT2D eigenvalue weighted by atomic mass is 16.5. The summed E-state index contributed by atoms with van der Waals surface area (Å²) >= 11 is 0. The first kappa shape index (κ1) is 16.9. The molecule has 3 rings (SSSR count). The van der Waals surface area contributed by atoms with Crippen LogP contribution < -0.4 is 20.5 Å². The Balaban J connectivity index is 1.73. The van der Waals surface area contributed by atoms with E-state index < -0.39 is 0 Å². The van der Waals surface area contributed by atoms with E-state index in [1.165, 1.54) is 0 Å². The van der Waals surface area contributed by atoms with Crippen LogP contribution in [0.25, 0.3) is 11.0 Å². The number of hydrogen-bond acceptors (Lipinski definition) is 5. The first-order valence-corrected chi connectivity index (χ1v) is 7.98. The minimum absolute atomic E-state index is 0.255. The molecular formula is C19H20N2O4. The maximum Gasteiger partial charge on any atom is 0.255 e. The van der Waals surface area contributed by atoms with Crippen molar-refractivity contribution in [2.75, 3.05) is 20.3 Å². The van der Waals surface area contributed by atoms with Crippen LogP contribution in [0, 0.1) is 0 Å². The highest BCUT2D eigenvalue weighted by Crippen LogP contribution is 2.25. The third-order valence-corrected chi connectivity index (χ3v) is 3.71. The number of hydrogen-bond donors (Lipinski definition) is 2. The third kappa shape index (κ3) is 3.92. The number of carbonyl (C=O) groups is 1. The van der Waals surface area contributed by atoms with Gasteiger partial charge in [-0.25, -0.2) is 0 Å². The summed E-state index contributed by atoms with van der Waals surface area (Å²) < 4.78 is 16.4. The topological polar surface area (TPSA) is 86.7 Å². The lowest BCUT2D eigenvalue weighted by Gasteiger charge is -2.12. The fourth-order valence-corrected chi connectivity index (χ4v) is 2.49. The number of para-hydroxylation sites is 1. The molecule has 1 amide bonds. The second-order valence-corrected chi connectivity index (χ2v) is 5.43. The van der Waals surface area contributed by atoms with E-state index in [2.05, 4.69) is 5.32 Å². The van der Waals surface area contributed by atoms with Gasteiger partial charge in [-0.3, -0.25) is 4.79 Å². The average Bonchev–Trinajstić information content (AvgIpc) is 3.07. The number of amides is 1.